The summed E-state index contributed by atoms with van der Waals surface area (Å²) in [6, 6.07) is 9.60. The Morgan fingerprint density at radius 3 is 2.64 bits per heavy atom. The molecule has 0 saturated heterocycles. The number of aliphatic hydroxyl groups excluding tert-OH is 1. The maximum Gasteiger partial charge on any atom is 0.191 e. The van der Waals surface area contributed by atoms with Gasteiger partial charge in [-0.1, -0.05) is 31.9 Å². The monoisotopic (exact) mass is 456 g/mol. The van der Waals surface area contributed by atoms with Crippen molar-refractivity contribution in [2.75, 3.05) is 13.1 Å². The van der Waals surface area contributed by atoms with Crippen molar-refractivity contribution in [3.8, 4) is 6.07 Å². The molecule has 1 saturated carbocycles. The van der Waals surface area contributed by atoms with E-state index in [2.05, 4.69) is 28.6 Å². The average molecular weight is 456 g/mol. The Morgan fingerprint density at radius 2 is 2.04 bits per heavy atom. The van der Waals surface area contributed by atoms with Gasteiger partial charge in [-0.15, -0.1) is 24.0 Å². The molecule has 2 unspecified atom stereocenters. The first-order valence-corrected chi connectivity index (χ1v) is 8.76. The molecular weight excluding hydrogens is 427 g/mol. The zero-order valence-electron chi connectivity index (χ0n) is 15.1. The maximum atomic E-state index is 10.3. The van der Waals surface area contributed by atoms with Crippen molar-refractivity contribution in [3.05, 3.63) is 35.4 Å². The summed E-state index contributed by atoms with van der Waals surface area (Å²) < 4.78 is 0. The van der Waals surface area contributed by atoms with Gasteiger partial charge in [0.15, 0.2) is 5.96 Å². The molecule has 138 valence electrons. The highest BCUT2D eigenvalue weighted by Gasteiger charge is 2.35. The van der Waals surface area contributed by atoms with Crippen molar-refractivity contribution in [2.45, 2.75) is 52.2 Å². The Hall–Kier alpha value is -1.33. The number of nitriles is 1. The van der Waals surface area contributed by atoms with Crippen LogP contribution in [-0.4, -0.2) is 30.3 Å². The lowest BCUT2D eigenvalue weighted by Crippen LogP contribution is -2.48. The second-order valence-electron chi connectivity index (χ2n) is 6.77. The van der Waals surface area contributed by atoms with Gasteiger partial charge in [0.05, 0.1) is 24.3 Å². The minimum atomic E-state index is -0.250. The fourth-order valence-electron chi connectivity index (χ4n) is 3.07. The number of guanidine groups is 1. The molecule has 0 radical (unpaired) electrons. The van der Waals surface area contributed by atoms with Gasteiger partial charge in [-0.3, -0.25) is 0 Å². The highest BCUT2D eigenvalue weighted by Crippen LogP contribution is 2.35. The maximum absolute atomic E-state index is 10.3. The van der Waals surface area contributed by atoms with E-state index in [4.69, 9.17) is 5.26 Å². The summed E-state index contributed by atoms with van der Waals surface area (Å²) in [6.45, 7) is 6.25. The van der Waals surface area contributed by atoms with Gasteiger partial charge in [0.1, 0.15) is 0 Å². The molecule has 2 atom stereocenters. The summed E-state index contributed by atoms with van der Waals surface area (Å²) in [5.41, 5.74) is 1.63. The molecule has 2 rings (SSSR count). The van der Waals surface area contributed by atoms with Gasteiger partial charge >= 0.3 is 0 Å². The molecule has 5 nitrogen and oxygen atoms in total. The minimum Gasteiger partial charge on any atom is -0.392 e. The van der Waals surface area contributed by atoms with Crippen LogP contribution in [0.1, 0.15) is 50.7 Å². The standard InChI is InChI=1S/C19H28N4O.HI/c1-3-21-18(22-13-16-9-7-15(12-20)8-10-16)23-14-19(2)11-5-4-6-17(19)24;/h7-10,17,24H,3-6,11,13-14H2,1-2H3,(H2,21,22,23);1H. The first kappa shape index (κ1) is 21.7. The van der Waals surface area contributed by atoms with Crippen LogP contribution in [0.4, 0.5) is 0 Å². The number of hydrogen-bond acceptors (Lipinski definition) is 3. The Labute approximate surface area is 167 Å². The molecule has 1 aliphatic carbocycles. The lowest BCUT2D eigenvalue weighted by Gasteiger charge is -2.38. The van der Waals surface area contributed by atoms with E-state index in [1.165, 1.54) is 6.42 Å². The van der Waals surface area contributed by atoms with Gasteiger partial charge in [0.2, 0.25) is 0 Å². The van der Waals surface area contributed by atoms with Crippen molar-refractivity contribution in [2.24, 2.45) is 10.4 Å². The Bertz CT molecular complexity index is 596. The van der Waals surface area contributed by atoms with Crippen LogP contribution in [0, 0.1) is 16.7 Å². The zero-order chi connectivity index (χ0) is 17.4. The van der Waals surface area contributed by atoms with Gasteiger partial charge < -0.3 is 15.7 Å². The number of halogens is 1. The van der Waals surface area contributed by atoms with Crippen molar-refractivity contribution >= 4 is 29.9 Å². The van der Waals surface area contributed by atoms with E-state index in [1.54, 1.807) is 0 Å². The van der Waals surface area contributed by atoms with Crippen LogP contribution in [0.25, 0.3) is 0 Å². The minimum absolute atomic E-state index is 0. The number of benzene rings is 1. The molecule has 0 amide bonds. The first-order valence-electron chi connectivity index (χ1n) is 8.76. The summed E-state index contributed by atoms with van der Waals surface area (Å²) in [5, 5.41) is 25.8. The normalized spacial score (nSPS) is 23.3. The number of aliphatic hydroxyl groups is 1. The van der Waals surface area contributed by atoms with E-state index in [9.17, 15) is 5.11 Å². The number of nitrogens with one attached hydrogen (secondary N) is 2. The predicted molar refractivity (Wildman–Crippen MR) is 112 cm³/mol. The molecule has 0 bridgehead atoms. The van der Waals surface area contributed by atoms with Gasteiger partial charge in [-0.05, 0) is 37.5 Å². The first-order chi connectivity index (χ1) is 11.6. The SMILES string of the molecule is CCNC(=NCc1ccc(C#N)cc1)NCC1(C)CCCCC1O.I. The van der Waals surface area contributed by atoms with Gasteiger partial charge in [-0.25, -0.2) is 4.99 Å². The molecule has 0 aliphatic heterocycles. The molecule has 0 aromatic heterocycles. The van der Waals surface area contributed by atoms with E-state index in [0.717, 1.165) is 37.3 Å². The fourth-order valence-corrected chi connectivity index (χ4v) is 3.07. The largest absolute Gasteiger partial charge is 0.392 e. The molecule has 1 aliphatic rings. The van der Waals surface area contributed by atoms with Crippen LogP contribution in [0.3, 0.4) is 0 Å². The van der Waals surface area contributed by atoms with Crippen LogP contribution < -0.4 is 10.6 Å². The Kier molecular flexibility index (Phi) is 9.22. The third-order valence-corrected chi connectivity index (χ3v) is 4.79. The fraction of sp³-hybridized carbons (Fsp3) is 0.579. The van der Waals surface area contributed by atoms with Crippen LogP contribution in [0.15, 0.2) is 29.3 Å². The van der Waals surface area contributed by atoms with Gasteiger partial charge in [0.25, 0.3) is 0 Å². The van der Waals surface area contributed by atoms with E-state index in [0.29, 0.717) is 18.7 Å². The lowest BCUT2D eigenvalue weighted by molar-refractivity contribution is 0.00397. The van der Waals surface area contributed by atoms with Crippen LogP contribution in [0.5, 0.6) is 0 Å². The molecule has 1 aromatic rings. The van der Waals surface area contributed by atoms with Crippen molar-refractivity contribution in [1.29, 1.82) is 5.26 Å². The summed E-state index contributed by atoms with van der Waals surface area (Å²) in [7, 11) is 0. The molecule has 1 aromatic carbocycles. The highest BCUT2D eigenvalue weighted by atomic mass is 127. The number of aliphatic imine (C=N–C) groups is 1. The molecule has 1 fully saturated rings. The van der Waals surface area contributed by atoms with Crippen LogP contribution in [-0.2, 0) is 6.54 Å². The van der Waals surface area contributed by atoms with Crippen LogP contribution in [0.2, 0.25) is 0 Å². The number of nitrogens with zero attached hydrogens (tertiary/aromatic N) is 2. The summed E-state index contributed by atoms with van der Waals surface area (Å²) in [5.74, 6) is 0.765. The van der Waals surface area contributed by atoms with Crippen molar-refractivity contribution in [1.82, 2.24) is 10.6 Å². The topological polar surface area (TPSA) is 80.4 Å². The van der Waals surface area contributed by atoms with Crippen molar-refractivity contribution in [3.63, 3.8) is 0 Å². The smallest absolute Gasteiger partial charge is 0.191 e. The average Bonchev–Trinajstić information content (AvgIpc) is 2.60. The third kappa shape index (κ3) is 6.48. The van der Waals surface area contributed by atoms with E-state index in [-0.39, 0.29) is 35.5 Å². The second kappa shape index (κ2) is 10.6. The summed E-state index contributed by atoms with van der Waals surface area (Å²) in [6.07, 6.45) is 3.96. The summed E-state index contributed by atoms with van der Waals surface area (Å²) in [4.78, 5) is 4.61. The summed E-state index contributed by atoms with van der Waals surface area (Å²) >= 11 is 0. The van der Waals surface area contributed by atoms with E-state index >= 15 is 0 Å². The lowest BCUT2D eigenvalue weighted by atomic mass is 9.73. The van der Waals surface area contributed by atoms with Crippen molar-refractivity contribution < 1.29 is 5.11 Å². The highest BCUT2D eigenvalue weighted by molar-refractivity contribution is 14.0. The molecule has 6 heteroatoms. The quantitative estimate of drug-likeness (QED) is 0.361. The number of hydrogen-bond donors (Lipinski definition) is 3. The second-order valence-corrected chi connectivity index (χ2v) is 6.77. The molecule has 0 spiro atoms. The van der Waals surface area contributed by atoms with E-state index < -0.39 is 0 Å². The van der Waals surface area contributed by atoms with E-state index in [1.807, 2.05) is 31.2 Å². The third-order valence-electron chi connectivity index (χ3n) is 4.79. The Balaban J connectivity index is 0.00000312. The van der Waals surface area contributed by atoms with Crippen LogP contribution >= 0.6 is 24.0 Å². The molecule has 0 heterocycles. The van der Waals surface area contributed by atoms with Gasteiger partial charge in [0, 0.05) is 18.5 Å². The molecule has 25 heavy (non-hydrogen) atoms. The molecule has 3 N–H and O–H groups in total. The predicted octanol–water partition coefficient (Wildman–Crippen LogP) is 3.17. The Morgan fingerprint density at radius 1 is 1.32 bits per heavy atom. The molecular formula is C19H29IN4O. The van der Waals surface area contributed by atoms with Gasteiger partial charge in [-0.2, -0.15) is 5.26 Å². The number of rotatable bonds is 5. The zero-order valence-corrected chi connectivity index (χ0v) is 17.4.